The second-order valence-electron chi connectivity index (χ2n) is 7.45. The van der Waals surface area contributed by atoms with Crippen molar-refractivity contribution < 1.29 is 28.3 Å². The van der Waals surface area contributed by atoms with E-state index >= 15 is 0 Å². The first kappa shape index (κ1) is 21.4. The third-order valence-electron chi connectivity index (χ3n) is 5.61. The molecule has 0 N–H and O–H groups in total. The van der Waals surface area contributed by atoms with Crippen molar-refractivity contribution in [3.63, 3.8) is 0 Å². The average molecular weight is 436 g/mol. The maximum atomic E-state index is 13.5. The van der Waals surface area contributed by atoms with Gasteiger partial charge < -0.3 is 23.6 Å². The molecule has 0 saturated heterocycles. The van der Waals surface area contributed by atoms with Gasteiger partial charge in [0.15, 0.2) is 17.2 Å². The van der Waals surface area contributed by atoms with E-state index in [1.807, 2.05) is 36.4 Å². The van der Waals surface area contributed by atoms with Crippen LogP contribution >= 0.6 is 0 Å². The third kappa shape index (κ3) is 4.03. The van der Waals surface area contributed by atoms with Crippen molar-refractivity contribution in [2.45, 2.75) is 32.5 Å². The Kier molecular flexibility index (Phi) is 6.11. The largest absolute Gasteiger partial charge is 0.493 e. The molecule has 1 atom stereocenters. The van der Waals surface area contributed by atoms with Crippen LogP contribution in [0.15, 0.2) is 53.1 Å². The Hall–Kier alpha value is -3.81. The Morgan fingerprint density at radius 3 is 2.47 bits per heavy atom. The lowest BCUT2D eigenvalue weighted by Gasteiger charge is -2.34. The highest BCUT2D eigenvalue weighted by atomic mass is 16.5. The number of amides is 1. The lowest BCUT2D eigenvalue weighted by molar-refractivity contribution is -0.146. The van der Waals surface area contributed by atoms with Crippen LogP contribution in [-0.4, -0.2) is 42.2 Å². The van der Waals surface area contributed by atoms with Gasteiger partial charge in [-0.2, -0.15) is 0 Å². The average Bonchev–Trinajstić information content (AvgIpc) is 3.21. The fraction of sp³-hybridized carbons (Fsp3) is 0.292. The number of fused-ring (bicyclic) bond motifs is 1. The topological polar surface area (TPSA) is 91.1 Å². The van der Waals surface area contributed by atoms with Gasteiger partial charge in [-0.25, -0.2) is 4.79 Å². The first-order valence-electron chi connectivity index (χ1n) is 10.2. The number of esters is 1. The number of rotatable bonds is 6. The van der Waals surface area contributed by atoms with E-state index in [4.69, 9.17) is 18.7 Å². The van der Waals surface area contributed by atoms with Crippen molar-refractivity contribution in [3.05, 3.63) is 76.7 Å². The minimum absolute atomic E-state index is 0.0596. The highest BCUT2D eigenvalue weighted by Crippen LogP contribution is 2.29. The van der Waals surface area contributed by atoms with Crippen molar-refractivity contribution in [1.29, 1.82) is 0 Å². The molecule has 2 aromatic carbocycles. The normalized spacial score (nSPS) is 15.1. The van der Waals surface area contributed by atoms with Gasteiger partial charge >= 0.3 is 5.97 Å². The summed E-state index contributed by atoms with van der Waals surface area (Å²) >= 11 is 0. The van der Waals surface area contributed by atoms with Crippen LogP contribution in [0.5, 0.6) is 11.5 Å². The number of benzene rings is 2. The Morgan fingerprint density at radius 2 is 1.75 bits per heavy atom. The molecule has 1 unspecified atom stereocenters. The van der Waals surface area contributed by atoms with Gasteiger partial charge in [-0.05, 0) is 30.2 Å². The highest BCUT2D eigenvalue weighted by molar-refractivity contribution is 5.96. The van der Waals surface area contributed by atoms with Gasteiger partial charge in [-0.15, -0.1) is 0 Å². The van der Waals surface area contributed by atoms with Gasteiger partial charge in [0.05, 0.1) is 19.8 Å². The van der Waals surface area contributed by atoms with Crippen LogP contribution in [0, 0.1) is 6.92 Å². The van der Waals surface area contributed by atoms with Crippen LogP contribution in [-0.2, 0) is 29.1 Å². The fourth-order valence-electron chi connectivity index (χ4n) is 3.84. The molecule has 166 valence electrons. The summed E-state index contributed by atoms with van der Waals surface area (Å²) in [7, 11) is 2.88. The zero-order chi connectivity index (χ0) is 22.7. The summed E-state index contributed by atoms with van der Waals surface area (Å²) in [5, 5.41) is 3.99. The number of methoxy groups -OCH3 is 2. The SMILES string of the molecule is COC(=O)C1Cc2ccccc2CN1C(=O)c1noc(C)c1COc1ccccc1OC. The third-order valence-corrected chi connectivity index (χ3v) is 5.61. The first-order valence-corrected chi connectivity index (χ1v) is 10.2. The van der Waals surface area contributed by atoms with Crippen molar-refractivity contribution in [2.75, 3.05) is 14.2 Å². The molecule has 0 radical (unpaired) electrons. The molecule has 32 heavy (non-hydrogen) atoms. The molecule has 0 saturated carbocycles. The molecule has 8 heteroatoms. The van der Waals surface area contributed by atoms with E-state index in [9.17, 15) is 9.59 Å². The summed E-state index contributed by atoms with van der Waals surface area (Å²) in [6, 6.07) is 14.2. The predicted octanol–water partition coefficient (Wildman–Crippen LogP) is 3.31. The molecular formula is C24H24N2O6. The molecule has 1 aliphatic heterocycles. The molecule has 0 bridgehead atoms. The van der Waals surface area contributed by atoms with Crippen molar-refractivity contribution >= 4 is 11.9 Å². The Balaban J connectivity index is 1.62. The summed E-state index contributed by atoms with van der Waals surface area (Å²) in [6.45, 7) is 2.05. The zero-order valence-electron chi connectivity index (χ0n) is 18.2. The Morgan fingerprint density at radius 1 is 1.06 bits per heavy atom. The van der Waals surface area contributed by atoms with Crippen LogP contribution in [0.4, 0.5) is 0 Å². The maximum Gasteiger partial charge on any atom is 0.328 e. The van der Waals surface area contributed by atoms with Gasteiger partial charge in [-0.1, -0.05) is 41.6 Å². The van der Waals surface area contributed by atoms with Crippen molar-refractivity contribution in [1.82, 2.24) is 10.1 Å². The van der Waals surface area contributed by atoms with Crippen LogP contribution in [0.2, 0.25) is 0 Å². The first-order chi connectivity index (χ1) is 15.5. The number of para-hydroxylation sites is 2. The van der Waals surface area contributed by atoms with E-state index in [2.05, 4.69) is 5.16 Å². The summed E-state index contributed by atoms with van der Waals surface area (Å²) in [5.74, 6) is 0.696. The number of ether oxygens (including phenoxy) is 3. The number of carbonyl (C=O) groups excluding carboxylic acids is 2. The zero-order valence-corrected chi connectivity index (χ0v) is 18.2. The summed E-state index contributed by atoms with van der Waals surface area (Å²) in [4.78, 5) is 27.5. The summed E-state index contributed by atoms with van der Waals surface area (Å²) in [5.41, 5.74) is 2.63. The lowest BCUT2D eigenvalue weighted by Crippen LogP contribution is -2.49. The number of aromatic nitrogens is 1. The maximum absolute atomic E-state index is 13.5. The number of nitrogens with zero attached hydrogens (tertiary/aromatic N) is 2. The molecule has 8 nitrogen and oxygen atoms in total. The molecule has 0 spiro atoms. The van der Waals surface area contributed by atoms with Crippen molar-refractivity contribution in [3.8, 4) is 11.5 Å². The molecular weight excluding hydrogens is 412 g/mol. The van der Waals surface area contributed by atoms with E-state index in [1.165, 1.54) is 12.0 Å². The molecule has 0 aliphatic carbocycles. The molecule has 2 heterocycles. The molecule has 0 fully saturated rings. The molecule has 3 aromatic rings. The monoisotopic (exact) mass is 436 g/mol. The van der Waals surface area contributed by atoms with E-state index in [-0.39, 0.29) is 18.8 Å². The van der Waals surface area contributed by atoms with Crippen molar-refractivity contribution in [2.24, 2.45) is 0 Å². The predicted molar refractivity (Wildman–Crippen MR) is 114 cm³/mol. The van der Waals surface area contributed by atoms with Gasteiger partial charge in [0.25, 0.3) is 5.91 Å². The second-order valence-corrected chi connectivity index (χ2v) is 7.45. The van der Waals surface area contributed by atoms with Crippen LogP contribution in [0.25, 0.3) is 0 Å². The smallest absolute Gasteiger partial charge is 0.328 e. The molecule has 1 aromatic heterocycles. The molecule has 4 rings (SSSR count). The minimum Gasteiger partial charge on any atom is -0.493 e. The van der Waals surface area contributed by atoms with Crippen LogP contribution < -0.4 is 9.47 Å². The van der Waals surface area contributed by atoms with Gasteiger partial charge in [0, 0.05) is 13.0 Å². The van der Waals surface area contributed by atoms with Crippen LogP contribution in [0.1, 0.15) is 32.9 Å². The quantitative estimate of drug-likeness (QED) is 0.548. The summed E-state index contributed by atoms with van der Waals surface area (Å²) in [6.07, 6.45) is 0.373. The second kappa shape index (κ2) is 9.13. The fourth-order valence-corrected chi connectivity index (χ4v) is 3.84. The van der Waals surface area contributed by atoms with E-state index in [0.29, 0.717) is 29.2 Å². The molecule has 1 amide bonds. The van der Waals surface area contributed by atoms with Gasteiger partial charge in [-0.3, -0.25) is 4.79 Å². The van der Waals surface area contributed by atoms with Gasteiger partial charge in [0.1, 0.15) is 18.4 Å². The lowest BCUT2D eigenvalue weighted by atomic mass is 9.93. The number of hydrogen-bond acceptors (Lipinski definition) is 7. The number of aryl methyl sites for hydroxylation is 1. The Bertz CT molecular complexity index is 1140. The van der Waals surface area contributed by atoms with E-state index < -0.39 is 17.9 Å². The van der Waals surface area contributed by atoms with E-state index in [0.717, 1.165) is 11.1 Å². The highest BCUT2D eigenvalue weighted by Gasteiger charge is 2.38. The number of hydrogen-bond donors (Lipinski definition) is 0. The summed E-state index contributed by atoms with van der Waals surface area (Å²) < 4.78 is 21.5. The number of carbonyl (C=O) groups is 2. The standard InChI is InChI=1S/C24H24N2O6/c1-15-18(14-31-21-11-7-6-10-20(21)29-2)22(25-32-15)23(27)26-13-17-9-5-4-8-16(17)12-19(26)24(28)30-3/h4-11,19H,12-14H2,1-3H3. The van der Waals surface area contributed by atoms with E-state index in [1.54, 1.807) is 26.2 Å². The minimum atomic E-state index is -0.748. The van der Waals surface area contributed by atoms with Crippen LogP contribution in [0.3, 0.4) is 0 Å². The molecule has 1 aliphatic rings. The van der Waals surface area contributed by atoms with Gasteiger partial charge in [0.2, 0.25) is 0 Å². The Labute approximate surface area is 185 Å².